The highest BCUT2D eigenvalue weighted by atomic mass is 19.2. The number of aromatic amines is 1. The number of nitrogens with two attached hydrogens (primary N) is 1. The Bertz CT molecular complexity index is 1530. The number of halogens is 2. The second-order valence-electron chi connectivity index (χ2n) is 10.1. The first-order valence-electron chi connectivity index (χ1n) is 11.8. The third-order valence-electron chi connectivity index (χ3n) is 6.57. The van der Waals surface area contributed by atoms with Crippen molar-refractivity contribution in [2.75, 3.05) is 6.61 Å². The van der Waals surface area contributed by atoms with Crippen LogP contribution in [0.25, 0.3) is 16.8 Å². The fraction of sp³-hybridized carbons (Fsp3) is 0.385. The van der Waals surface area contributed by atoms with Gasteiger partial charge in [0.05, 0.1) is 17.9 Å². The Kier molecular flexibility index (Phi) is 6.87. The molecule has 0 aliphatic heterocycles. The summed E-state index contributed by atoms with van der Waals surface area (Å²) >= 11 is 0. The van der Waals surface area contributed by atoms with E-state index in [1.165, 1.54) is 22.6 Å². The van der Waals surface area contributed by atoms with Crippen LogP contribution in [0, 0.1) is 24.0 Å². The zero-order valence-corrected chi connectivity index (χ0v) is 21.4. The molecule has 0 fully saturated rings. The first kappa shape index (κ1) is 26.4. The zero-order valence-electron chi connectivity index (χ0n) is 21.4. The van der Waals surface area contributed by atoms with Gasteiger partial charge in [-0.05, 0) is 36.6 Å². The van der Waals surface area contributed by atoms with E-state index in [1.54, 1.807) is 11.7 Å². The summed E-state index contributed by atoms with van der Waals surface area (Å²) in [6, 6.07) is 5.17. The van der Waals surface area contributed by atoms with Crippen molar-refractivity contribution in [1.29, 1.82) is 0 Å². The Morgan fingerprint density at radius 2 is 1.86 bits per heavy atom. The maximum atomic E-state index is 15.0. The maximum Gasteiger partial charge on any atom is 0.264 e. The number of aromatic hydroxyl groups is 1. The largest absolute Gasteiger partial charge is 0.493 e. The van der Waals surface area contributed by atoms with E-state index in [0.717, 1.165) is 17.3 Å². The van der Waals surface area contributed by atoms with Crippen LogP contribution in [0.4, 0.5) is 8.78 Å². The molecule has 0 spiro atoms. The second kappa shape index (κ2) is 9.64. The summed E-state index contributed by atoms with van der Waals surface area (Å²) in [6.07, 6.45) is -0.580. The van der Waals surface area contributed by atoms with E-state index in [2.05, 4.69) is 10.1 Å². The van der Waals surface area contributed by atoms with Gasteiger partial charge in [-0.25, -0.2) is 4.39 Å². The number of ether oxygens (including phenoxy) is 1. The smallest absolute Gasteiger partial charge is 0.264 e. The van der Waals surface area contributed by atoms with Crippen LogP contribution in [-0.4, -0.2) is 36.0 Å². The SMILES string of the molecule is Cc1c(CCOc2c(-c3ccc4[nH]c(O)c(CN)n4c3=O)ccc(F)c2F)c(C(O)C(C)(C)C)nn1C. The molecule has 4 aromatic rings. The van der Waals surface area contributed by atoms with Gasteiger partial charge in [-0.1, -0.05) is 20.8 Å². The molecule has 0 saturated heterocycles. The molecule has 11 heteroatoms. The summed E-state index contributed by atoms with van der Waals surface area (Å²) in [5.74, 6) is -3.01. The average Bonchev–Trinajstić information content (AvgIpc) is 3.31. The van der Waals surface area contributed by atoms with Gasteiger partial charge in [-0.3, -0.25) is 13.9 Å². The van der Waals surface area contributed by atoms with E-state index in [0.29, 0.717) is 11.3 Å². The number of H-pyrrole nitrogens is 1. The van der Waals surface area contributed by atoms with Crippen LogP contribution in [0.3, 0.4) is 0 Å². The van der Waals surface area contributed by atoms with Crippen molar-refractivity contribution in [3.8, 4) is 22.8 Å². The number of aromatic nitrogens is 4. The van der Waals surface area contributed by atoms with Crippen LogP contribution < -0.4 is 16.0 Å². The molecule has 0 bridgehead atoms. The van der Waals surface area contributed by atoms with E-state index in [1.807, 2.05) is 27.7 Å². The lowest BCUT2D eigenvalue weighted by atomic mass is 9.85. The molecule has 5 N–H and O–H groups in total. The van der Waals surface area contributed by atoms with Gasteiger partial charge in [0.1, 0.15) is 17.4 Å². The van der Waals surface area contributed by atoms with Crippen molar-refractivity contribution in [2.45, 2.75) is 46.8 Å². The van der Waals surface area contributed by atoms with Gasteiger partial charge < -0.3 is 25.7 Å². The minimum Gasteiger partial charge on any atom is -0.493 e. The number of fused-ring (bicyclic) bond motifs is 1. The van der Waals surface area contributed by atoms with Gasteiger partial charge in [0.25, 0.3) is 5.56 Å². The predicted molar refractivity (Wildman–Crippen MR) is 134 cm³/mol. The maximum absolute atomic E-state index is 15.0. The molecule has 9 nitrogen and oxygen atoms in total. The molecule has 0 radical (unpaired) electrons. The monoisotopic (exact) mass is 515 g/mol. The van der Waals surface area contributed by atoms with Crippen molar-refractivity contribution in [1.82, 2.24) is 19.2 Å². The highest BCUT2D eigenvalue weighted by Gasteiger charge is 2.30. The van der Waals surface area contributed by atoms with Crippen LogP contribution in [0.2, 0.25) is 0 Å². The van der Waals surface area contributed by atoms with E-state index < -0.39 is 34.5 Å². The summed E-state index contributed by atoms with van der Waals surface area (Å²) in [7, 11) is 1.76. The Hall–Kier alpha value is -3.70. The lowest BCUT2D eigenvalue weighted by Crippen LogP contribution is -2.20. The van der Waals surface area contributed by atoms with Crippen molar-refractivity contribution in [2.24, 2.45) is 18.2 Å². The summed E-state index contributed by atoms with van der Waals surface area (Å²) in [6.45, 7) is 7.35. The lowest BCUT2D eigenvalue weighted by Gasteiger charge is -2.25. The highest BCUT2D eigenvalue weighted by molar-refractivity contribution is 5.71. The summed E-state index contributed by atoms with van der Waals surface area (Å²) in [5, 5.41) is 25.4. The van der Waals surface area contributed by atoms with Gasteiger partial charge in [-0.2, -0.15) is 9.49 Å². The fourth-order valence-corrected chi connectivity index (χ4v) is 4.35. The van der Waals surface area contributed by atoms with Crippen LogP contribution in [-0.2, 0) is 20.0 Å². The number of nitrogens with one attached hydrogen (secondary N) is 1. The molecule has 0 aliphatic carbocycles. The van der Waals surface area contributed by atoms with E-state index in [9.17, 15) is 23.8 Å². The van der Waals surface area contributed by atoms with Crippen LogP contribution >= 0.6 is 0 Å². The minimum absolute atomic E-state index is 0.0431. The molecule has 1 unspecified atom stereocenters. The van der Waals surface area contributed by atoms with Crippen molar-refractivity contribution >= 4 is 5.65 Å². The molecule has 0 amide bonds. The first-order valence-corrected chi connectivity index (χ1v) is 11.8. The van der Waals surface area contributed by atoms with Gasteiger partial charge in [0.2, 0.25) is 11.7 Å². The molecule has 3 aromatic heterocycles. The average molecular weight is 516 g/mol. The Labute approximate surface area is 212 Å². The molecule has 0 saturated carbocycles. The molecular formula is C26H31F2N5O4. The molecule has 198 valence electrons. The molecule has 3 heterocycles. The standard InChI is InChI=1S/C26H31F2N5O4/c1-13-14(21(31-32(13)5)23(34)26(2,3)4)10-11-37-22-15(6-8-17(27)20(22)28)16-7-9-19-30-24(35)18(12-29)33(19)25(16)36/h6-9,23,30,34-35H,10-12,29H2,1-5H3. The first-order chi connectivity index (χ1) is 17.4. The number of aliphatic hydroxyl groups is 1. The van der Waals surface area contributed by atoms with Crippen molar-refractivity contribution in [3.63, 3.8) is 0 Å². The van der Waals surface area contributed by atoms with Crippen LogP contribution in [0.15, 0.2) is 29.1 Å². The molecular weight excluding hydrogens is 484 g/mol. The molecule has 1 atom stereocenters. The molecule has 37 heavy (non-hydrogen) atoms. The number of rotatable bonds is 7. The second-order valence-corrected chi connectivity index (χ2v) is 10.1. The molecule has 4 rings (SSSR count). The Morgan fingerprint density at radius 1 is 1.19 bits per heavy atom. The number of pyridine rings is 1. The van der Waals surface area contributed by atoms with Gasteiger partial charge in [0, 0.05) is 36.8 Å². The minimum atomic E-state index is -1.23. The summed E-state index contributed by atoms with van der Waals surface area (Å²) in [5.41, 5.74) is 7.26. The van der Waals surface area contributed by atoms with E-state index in [-0.39, 0.29) is 42.3 Å². The van der Waals surface area contributed by atoms with Gasteiger partial charge in [0.15, 0.2) is 11.6 Å². The summed E-state index contributed by atoms with van der Waals surface area (Å²) < 4.78 is 37.8. The number of hydrogen-bond acceptors (Lipinski definition) is 6. The van der Waals surface area contributed by atoms with E-state index >= 15 is 0 Å². The number of imidazole rings is 1. The van der Waals surface area contributed by atoms with Crippen LogP contribution in [0.1, 0.15) is 49.5 Å². The number of aliphatic hydroxyl groups excluding tert-OH is 1. The Balaban J connectivity index is 1.72. The van der Waals surface area contributed by atoms with Gasteiger partial charge >= 0.3 is 0 Å². The number of nitrogens with zero attached hydrogens (tertiary/aromatic N) is 3. The Morgan fingerprint density at radius 3 is 2.51 bits per heavy atom. The molecule has 1 aromatic carbocycles. The summed E-state index contributed by atoms with van der Waals surface area (Å²) in [4.78, 5) is 16.0. The normalized spacial score (nSPS) is 12.9. The number of aryl methyl sites for hydroxylation is 1. The van der Waals surface area contributed by atoms with Crippen molar-refractivity contribution < 1.29 is 23.7 Å². The quantitative estimate of drug-likeness (QED) is 0.298. The third kappa shape index (κ3) is 4.60. The predicted octanol–water partition coefficient (Wildman–Crippen LogP) is 3.48. The van der Waals surface area contributed by atoms with Gasteiger partial charge in [-0.15, -0.1) is 0 Å². The number of benzene rings is 1. The van der Waals surface area contributed by atoms with E-state index in [4.69, 9.17) is 10.5 Å². The topological polar surface area (TPSA) is 131 Å². The third-order valence-corrected chi connectivity index (χ3v) is 6.57. The van der Waals surface area contributed by atoms with Crippen molar-refractivity contribution in [3.05, 3.63) is 68.9 Å². The lowest BCUT2D eigenvalue weighted by molar-refractivity contribution is 0.0575. The van der Waals surface area contributed by atoms with Crippen LogP contribution in [0.5, 0.6) is 11.6 Å². The molecule has 0 aliphatic rings. The zero-order chi connectivity index (χ0) is 27.2. The highest BCUT2D eigenvalue weighted by Crippen LogP contribution is 2.36. The number of hydrogen-bond donors (Lipinski definition) is 4. The fourth-order valence-electron chi connectivity index (χ4n) is 4.35.